The fourth-order valence-electron chi connectivity index (χ4n) is 2.57. The molecule has 0 aromatic heterocycles. The zero-order chi connectivity index (χ0) is 15.6. The number of anilines is 1. The maximum atomic E-state index is 12.6. The second kappa shape index (κ2) is 6.92. The van der Waals surface area contributed by atoms with Gasteiger partial charge in [-0.3, -0.25) is 9.59 Å². The summed E-state index contributed by atoms with van der Waals surface area (Å²) in [7, 11) is 0. The molecular weight excluding hydrogens is 400 g/mol. The number of carbonyl (C=O) groups excluding carboxylic acids is 2. The Morgan fingerprint density at radius 1 is 1.33 bits per heavy atom. The molecule has 0 saturated carbocycles. The lowest BCUT2D eigenvalue weighted by molar-refractivity contribution is -0.136. The van der Waals surface area contributed by atoms with Crippen LogP contribution in [0.2, 0.25) is 0 Å². The molecule has 1 heterocycles. The summed E-state index contributed by atoms with van der Waals surface area (Å²) in [5.41, 5.74) is 0.701. The number of amides is 2. The first-order valence-electron chi connectivity index (χ1n) is 6.95. The van der Waals surface area contributed by atoms with E-state index in [-0.39, 0.29) is 17.7 Å². The normalized spacial score (nSPS) is 16.4. The van der Waals surface area contributed by atoms with Gasteiger partial charge in [0, 0.05) is 21.9 Å². The third-order valence-corrected chi connectivity index (χ3v) is 4.72. The van der Waals surface area contributed by atoms with Gasteiger partial charge in [-0.1, -0.05) is 29.8 Å². The van der Waals surface area contributed by atoms with Gasteiger partial charge in [-0.15, -0.1) is 0 Å². The Bertz CT molecular complexity index is 561. The average molecular weight is 418 g/mol. The van der Waals surface area contributed by atoms with Crippen molar-refractivity contribution in [1.29, 1.82) is 0 Å². The Morgan fingerprint density at radius 3 is 2.62 bits per heavy atom. The van der Waals surface area contributed by atoms with Gasteiger partial charge in [0.15, 0.2) is 0 Å². The van der Waals surface area contributed by atoms with Crippen LogP contribution in [0.15, 0.2) is 27.1 Å². The molecule has 2 amide bonds. The summed E-state index contributed by atoms with van der Waals surface area (Å²) in [5, 5.41) is 2.92. The zero-order valence-electron chi connectivity index (χ0n) is 12.0. The van der Waals surface area contributed by atoms with E-state index in [0.29, 0.717) is 18.7 Å². The standard InChI is InChI=1S/C15H18Br2N2O2/c1-9(2)14(19-7-3-4-13(19)20)15(21)18-12-8-10(16)5-6-11(12)17/h5-6,8-9,14H,3-4,7H2,1-2H3,(H,18,21)/t14-/m1/s1. The lowest BCUT2D eigenvalue weighted by atomic mass is 10.0. The zero-order valence-corrected chi connectivity index (χ0v) is 15.2. The molecule has 1 aliphatic rings. The molecule has 114 valence electrons. The molecule has 4 nitrogen and oxygen atoms in total. The van der Waals surface area contributed by atoms with E-state index in [1.165, 1.54) is 0 Å². The first-order chi connectivity index (χ1) is 9.90. The minimum Gasteiger partial charge on any atom is -0.330 e. The summed E-state index contributed by atoms with van der Waals surface area (Å²) in [6.07, 6.45) is 1.37. The maximum Gasteiger partial charge on any atom is 0.247 e. The van der Waals surface area contributed by atoms with E-state index < -0.39 is 6.04 Å². The number of nitrogens with one attached hydrogen (secondary N) is 1. The van der Waals surface area contributed by atoms with E-state index in [0.717, 1.165) is 15.4 Å². The molecule has 2 rings (SSSR count). The van der Waals surface area contributed by atoms with Gasteiger partial charge in [0.2, 0.25) is 11.8 Å². The Labute approximate surface area is 141 Å². The van der Waals surface area contributed by atoms with E-state index >= 15 is 0 Å². The number of likely N-dealkylation sites (tertiary alicyclic amines) is 1. The highest BCUT2D eigenvalue weighted by molar-refractivity contribution is 9.11. The topological polar surface area (TPSA) is 49.4 Å². The quantitative estimate of drug-likeness (QED) is 0.809. The van der Waals surface area contributed by atoms with Crippen molar-refractivity contribution in [2.24, 2.45) is 5.92 Å². The third kappa shape index (κ3) is 3.86. The van der Waals surface area contributed by atoms with Gasteiger partial charge >= 0.3 is 0 Å². The summed E-state index contributed by atoms with van der Waals surface area (Å²) < 4.78 is 1.70. The van der Waals surface area contributed by atoms with Crippen molar-refractivity contribution < 1.29 is 9.59 Å². The van der Waals surface area contributed by atoms with Gasteiger partial charge in [0.05, 0.1) is 5.69 Å². The van der Waals surface area contributed by atoms with E-state index in [4.69, 9.17) is 0 Å². The lowest BCUT2D eigenvalue weighted by Crippen LogP contribution is -2.48. The minimum absolute atomic E-state index is 0.0668. The van der Waals surface area contributed by atoms with Gasteiger partial charge in [-0.2, -0.15) is 0 Å². The van der Waals surface area contributed by atoms with Crippen molar-refractivity contribution in [2.45, 2.75) is 32.7 Å². The van der Waals surface area contributed by atoms with Crippen LogP contribution >= 0.6 is 31.9 Å². The van der Waals surface area contributed by atoms with E-state index in [1.807, 2.05) is 32.0 Å². The molecular formula is C15H18Br2N2O2. The molecule has 21 heavy (non-hydrogen) atoms. The summed E-state index contributed by atoms with van der Waals surface area (Å²) >= 11 is 6.82. The second-order valence-electron chi connectivity index (χ2n) is 5.49. The van der Waals surface area contributed by atoms with Crippen LogP contribution in [-0.4, -0.2) is 29.3 Å². The van der Waals surface area contributed by atoms with Gasteiger partial charge in [-0.05, 0) is 46.5 Å². The Morgan fingerprint density at radius 2 is 2.05 bits per heavy atom. The summed E-state index contributed by atoms with van der Waals surface area (Å²) in [4.78, 5) is 26.2. The fourth-order valence-corrected chi connectivity index (χ4v) is 3.27. The fraction of sp³-hybridized carbons (Fsp3) is 0.467. The van der Waals surface area contributed by atoms with Gasteiger partial charge in [0.1, 0.15) is 6.04 Å². The SMILES string of the molecule is CC(C)[C@H](C(=O)Nc1cc(Br)ccc1Br)N1CCCC1=O. The second-order valence-corrected chi connectivity index (χ2v) is 7.26. The summed E-state index contributed by atoms with van der Waals surface area (Å²) in [6, 6.07) is 5.17. The molecule has 0 radical (unpaired) electrons. The van der Waals surface area contributed by atoms with Crippen LogP contribution in [0, 0.1) is 5.92 Å². The molecule has 1 N–H and O–H groups in total. The van der Waals surface area contributed by atoms with Crippen molar-refractivity contribution in [1.82, 2.24) is 4.90 Å². The van der Waals surface area contributed by atoms with Crippen molar-refractivity contribution >= 4 is 49.4 Å². The molecule has 0 unspecified atom stereocenters. The number of benzene rings is 1. The van der Waals surface area contributed by atoms with E-state index in [1.54, 1.807) is 4.90 Å². The van der Waals surface area contributed by atoms with Crippen LogP contribution in [0.3, 0.4) is 0 Å². The van der Waals surface area contributed by atoms with E-state index in [2.05, 4.69) is 37.2 Å². The third-order valence-electron chi connectivity index (χ3n) is 3.53. The van der Waals surface area contributed by atoms with Crippen molar-refractivity contribution in [3.8, 4) is 0 Å². The Balaban J connectivity index is 2.19. The highest BCUT2D eigenvalue weighted by atomic mass is 79.9. The maximum absolute atomic E-state index is 12.6. The van der Waals surface area contributed by atoms with E-state index in [9.17, 15) is 9.59 Å². The molecule has 1 aromatic rings. The van der Waals surface area contributed by atoms with Crippen molar-refractivity contribution in [2.75, 3.05) is 11.9 Å². The van der Waals surface area contributed by atoms with Crippen molar-refractivity contribution in [3.05, 3.63) is 27.1 Å². The molecule has 6 heteroatoms. The van der Waals surface area contributed by atoms with Crippen LogP contribution in [0.5, 0.6) is 0 Å². The predicted octanol–water partition coefficient (Wildman–Crippen LogP) is 3.80. The lowest BCUT2D eigenvalue weighted by Gasteiger charge is -2.30. The van der Waals surface area contributed by atoms with Crippen LogP contribution in [0.1, 0.15) is 26.7 Å². The Hall–Kier alpha value is -0.880. The average Bonchev–Trinajstić information content (AvgIpc) is 2.80. The molecule has 1 fully saturated rings. The number of rotatable bonds is 4. The number of carbonyl (C=O) groups is 2. The van der Waals surface area contributed by atoms with Crippen LogP contribution in [0.25, 0.3) is 0 Å². The highest BCUT2D eigenvalue weighted by Crippen LogP contribution is 2.27. The molecule has 0 bridgehead atoms. The van der Waals surface area contributed by atoms with Crippen LogP contribution < -0.4 is 5.32 Å². The molecule has 0 spiro atoms. The summed E-state index contributed by atoms with van der Waals surface area (Å²) in [5.74, 6) is -0.00538. The number of hydrogen-bond acceptors (Lipinski definition) is 2. The predicted molar refractivity (Wildman–Crippen MR) is 90.0 cm³/mol. The molecule has 1 aromatic carbocycles. The largest absolute Gasteiger partial charge is 0.330 e. The molecule has 1 atom stereocenters. The number of halogens is 2. The van der Waals surface area contributed by atoms with Gasteiger partial charge < -0.3 is 10.2 Å². The number of nitrogens with zero attached hydrogens (tertiary/aromatic N) is 1. The number of hydrogen-bond donors (Lipinski definition) is 1. The minimum atomic E-state index is -0.425. The van der Waals surface area contributed by atoms with Crippen LogP contribution in [0.4, 0.5) is 5.69 Å². The smallest absolute Gasteiger partial charge is 0.247 e. The first-order valence-corrected chi connectivity index (χ1v) is 8.54. The molecule has 1 aliphatic heterocycles. The molecule has 1 saturated heterocycles. The first kappa shape index (κ1) is 16.5. The highest BCUT2D eigenvalue weighted by Gasteiger charge is 2.35. The van der Waals surface area contributed by atoms with Gasteiger partial charge in [-0.25, -0.2) is 0 Å². The van der Waals surface area contributed by atoms with Crippen LogP contribution in [-0.2, 0) is 9.59 Å². The van der Waals surface area contributed by atoms with Crippen molar-refractivity contribution in [3.63, 3.8) is 0 Å². The Kier molecular flexibility index (Phi) is 5.43. The summed E-state index contributed by atoms with van der Waals surface area (Å²) in [6.45, 7) is 4.59. The van der Waals surface area contributed by atoms with Gasteiger partial charge in [0.25, 0.3) is 0 Å². The monoisotopic (exact) mass is 416 g/mol. The molecule has 0 aliphatic carbocycles.